The van der Waals surface area contributed by atoms with E-state index >= 15 is 0 Å². The summed E-state index contributed by atoms with van der Waals surface area (Å²) < 4.78 is 26.3. The lowest BCUT2D eigenvalue weighted by Crippen LogP contribution is -2.36. The van der Waals surface area contributed by atoms with Gasteiger partial charge in [0, 0.05) is 24.9 Å². The Bertz CT molecular complexity index is 1000. The van der Waals surface area contributed by atoms with E-state index in [0.29, 0.717) is 41.7 Å². The minimum absolute atomic E-state index is 0.274. The number of carbonyl (C=O) groups is 2. The highest BCUT2D eigenvalue weighted by Gasteiger charge is 2.18. The first kappa shape index (κ1) is 23.9. The van der Waals surface area contributed by atoms with Crippen molar-refractivity contribution in [1.29, 1.82) is 0 Å². The van der Waals surface area contributed by atoms with E-state index < -0.39 is 11.9 Å². The van der Waals surface area contributed by atoms with E-state index in [1.807, 2.05) is 6.07 Å². The van der Waals surface area contributed by atoms with Crippen molar-refractivity contribution in [2.45, 2.75) is 0 Å². The third-order valence-corrected chi connectivity index (χ3v) is 5.16. The van der Waals surface area contributed by atoms with Crippen molar-refractivity contribution in [3.8, 4) is 17.2 Å². The predicted octanol–water partition coefficient (Wildman–Crippen LogP) is 2.99. The van der Waals surface area contributed by atoms with E-state index in [-0.39, 0.29) is 5.56 Å². The Morgan fingerprint density at radius 1 is 0.970 bits per heavy atom. The second kappa shape index (κ2) is 11.2. The highest BCUT2D eigenvalue weighted by Crippen LogP contribution is 2.38. The van der Waals surface area contributed by atoms with Gasteiger partial charge in [-0.2, -0.15) is 0 Å². The zero-order valence-corrected chi connectivity index (χ0v) is 19.2. The lowest BCUT2D eigenvalue weighted by Gasteiger charge is -2.29. The molecule has 3 rings (SSSR count). The van der Waals surface area contributed by atoms with Crippen molar-refractivity contribution in [3.05, 3.63) is 47.5 Å². The fourth-order valence-corrected chi connectivity index (χ4v) is 3.48. The summed E-state index contributed by atoms with van der Waals surface area (Å²) >= 11 is 0. The van der Waals surface area contributed by atoms with Crippen molar-refractivity contribution in [2.75, 3.05) is 65.0 Å². The van der Waals surface area contributed by atoms with Gasteiger partial charge in [-0.3, -0.25) is 4.79 Å². The Balaban J connectivity index is 1.80. The van der Waals surface area contributed by atoms with Gasteiger partial charge in [-0.1, -0.05) is 0 Å². The van der Waals surface area contributed by atoms with Gasteiger partial charge in [-0.05, 0) is 42.0 Å². The molecule has 2 aromatic rings. The SMILES string of the molecule is COC(=O)c1cc(N2CCOCC2)ccc1NC(=O)/C=C/c1cc(OC)c(OC)c(OC)c1. The molecule has 2 aromatic carbocycles. The largest absolute Gasteiger partial charge is 0.493 e. The number of benzene rings is 2. The molecule has 0 aliphatic carbocycles. The molecule has 0 spiro atoms. The summed E-state index contributed by atoms with van der Waals surface area (Å²) in [7, 11) is 5.87. The van der Waals surface area contributed by atoms with Gasteiger partial charge in [0.15, 0.2) is 11.5 Å². The number of ether oxygens (including phenoxy) is 5. The van der Waals surface area contributed by atoms with Gasteiger partial charge in [0.25, 0.3) is 0 Å². The van der Waals surface area contributed by atoms with Crippen LogP contribution in [0.1, 0.15) is 15.9 Å². The zero-order chi connectivity index (χ0) is 23.8. The molecule has 1 heterocycles. The second-order valence-electron chi connectivity index (χ2n) is 7.10. The van der Waals surface area contributed by atoms with E-state index in [0.717, 1.165) is 18.8 Å². The zero-order valence-electron chi connectivity index (χ0n) is 19.2. The van der Waals surface area contributed by atoms with Crippen LogP contribution in [0.25, 0.3) is 6.08 Å². The number of methoxy groups -OCH3 is 4. The van der Waals surface area contributed by atoms with Crippen molar-refractivity contribution < 1.29 is 33.3 Å². The van der Waals surface area contributed by atoms with Crippen LogP contribution in [0.15, 0.2) is 36.4 Å². The fraction of sp³-hybridized carbons (Fsp3) is 0.333. The van der Waals surface area contributed by atoms with Crippen LogP contribution < -0.4 is 24.4 Å². The van der Waals surface area contributed by atoms with Crippen molar-refractivity contribution in [2.24, 2.45) is 0 Å². The number of hydrogen-bond donors (Lipinski definition) is 1. The van der Waals surface area contributed by atoms with Gasteiger partial charge in [-0.15, -0.1) is 0 Å². The number of amides is 1. The molecule has 0 radical (unpaired) electrons. The Hall–Kier alpha value is -3.72. The second-order valence-corrected chi connectivity index (χ2v) is 7.10. The lowest BCUT2D eigenvalue weighted by molar-refractivity contribution is -0.111. The number of morpholine rings is 1. The molecule has 1 aliphatic heterocycles. The summed E-state index contributed by atoms with van der Waals surface area (Å²) in [5, 5.41) is 2.75. The van der Waals surface area contributed by atoms with Crippen LogP contribution >= 0.6 is 0 Å². The highest BCUT2D eigenvalue weighted by molar-refractivity contribution is 6.06. The number of anilines is 2. The van der Waals surface area contributed by atoms with Crippen LogP contribution in [0.2, 0.25) is 0 Å². The van der Waals surface area contributed by atoms with Crippen molar-refractivity contribution in [3.63, 3.8) is 0 Å². The normalized spacial score (nSPS) is 13.5. The molecule has 176 valence electrons. The van der Waals surface area contributed by atoms with E-state index in [9.17, 15) is 9.59 Å². The molecule has 1 N–H and O–H groups in total. The van der Waals surface area contributed by atoms with Crippen molar-refractivity contribution >= 4 is 29.3 Å². The van der Waals surface area contributed by atoms with Crippen LogP contribution in [0.5, 0.6) is 17.2 Å². The standard InChI is InChI=1S/C24H28N2O7/c1-29-20-13-16(14-21(30-2)23(20)31-3)5-8-22(27)25-19-7-6-17(15-18(19)24(28)32-4)26-9-11-33-12-10-26/h5-8,13-15H,9-12H2,1-4H3,(H,25,27)/b8-5+. The topological polar surface area (TPSA) is 95.6 Å². The van der Waals surface area contributed by atoms with Gasteiger partial charge in [0.2, 0.25) is 11.7 Å². The van der Waals surface area contributed by atoms with Crippen LogP contribution in [0.4, 0.5) is 11.4 Å². The number of nitrogens with one attached hydrogen (secondary N) is 1. The summed E-state index contributed by atoms with van der Waals surface area (Å²) in [5.41, 5.74) is 2.18. The van der Waals surface area contributed by atoms with E-state index in [1.165, 1.54) is 34.5 Å². The molecule has 1 aliphatic rings. The van der Waals surface area contributed by atoms with E-state index in [4.69, 9.17) is 23.7 Å². The molecule has 1 saturated heterocycles. The lowest BCUT2D eigenvalue weighted by atomic mass is 10.1. The number of nitrogens with zero attached hydrogens (tertiary/aromatic N) is 1. The molecule has 9 nitrogen and oxygen atoms in total. The van der Waals surface area contributed by atoms with Gasteiger partial charge in [-0.25, -0.2) is 4.79 Å². The summed E-state index contributed by atoms with van der Waals surface area (Å²) in [6.07, 6.45) is 2.97. The smallest absolute Gasteiger partial charge is 0.340 e. The predicted molar refractivity (Wildman–Crippen MR) is 125 cm³/mol. The molecular weight excluding hydrogens is 428 g/mol. The first-order valence-electron chi connectivity index (χ1n) is 10.3. The van der Waals surface area contributed by atoms with Crippen molar-refractivity contribution in [1.82, 2.24) is 0 Å². The number of carbonyl (C=O) groups excluding carboxylic acids is 2. The Kier molecular flexibility index (Phi) is 8.15. The van der Waals surface area contributed by atoms with E-state index in [1.54, 1.807) is 30.3 Å². The Labute approximate surface area is 192 Å². The van der Waals surface area contributed by atoms with E-state index in [2.05, 4.69) is 10.2 Å². The molecule has 1 amide bonds. The molecule has 0 atom stereocenters. The number of hydrogen-bond acceptors (Lipinski definition) is 8. The summed E-state index contributed by atoms with van der Waals surface area (Å²) in [4.78, 5) is 27.1. The average molecular weight is 456 g/mol. The Morgan fingerprint density at radius 3 is 2.21 bits per heavy atom. The van der Waals surface area contributed by atoms with Crippen LogP contribution in [-0.4, -0.2) is 66.6 Å². The first-order chi connectivity index (χ1) is 16.0. The molecule has 0 unspecified atom stereocenters. The Morgan fingerprint density at radius 2 is 1.64 bits per heavy atom. The van der Waals surface area contributed by atoms with Gasteiger partial charge in [0.05, 0.1) is 52.9 Å². The molecule has 0 saturated carbocycles. The average Bonchev–Trinajstić information content (AvgIpc) is 2.86. The summed E-state index contributed by atoms with van der Waals surface area (Å²) in [6.45, 7) is 2.70. The van der Waals surface area contributed by atoms with Crippen LogP contribution in [-0.2, 0) is 14.3 Å². The minimum Gasteiger partial charge on any atom is -0.493 e. The first-order valence-corrected chi connectivity index (χ1v) is 10.3. The molecule has 9 heteroatoms. The van der Waals surface area contributed by atoms with Gasteiger partial charge < -0.3 is 33.9 Å². The van der Waals surface area contributed by atoms with Crippen LogP contribution in [0, 0.1) is 0 Å². The van der Waals surface area contributed by atoms with Gasteiger partial charge >= 0.3 is 5.97 Å². The maximum atomic E-state index is 12.6. The third-order valence-electron chi connectivity index (χ3n) is 5.16. The maximum Gasteiger partial charge on any atom is 0.340 e. The quantitative estimate of drug-likeness (QED) is 0.479. The van der Waals surface area contributed by atoms with Crippen LogP contribution in [0.3, 0.4) is 0 Å². The van der Waals surface area contributed by atoms with Gasteiger partial charge in [0.1, 0.15) is 0 Å². The molecule has 0 aromatic heterocycles. The molecule has 0 bridgehead atoms. The summed E-state index contributed by atoms with van der Waals surface area (Å²) in [6, 6.07) is 8.72. The molecule has 1 fully saturated rings. The maximum absolute atomic E-state index is 12.6. The number of esters is 1. The third kappa shape index (κ3) is 5.75. The highest BCUT2D eigenvalue weighted by atomic mass is 16.5. The minimum atomic E-state index is -0.533. The number of rotatable bonds is 8. The fourth-order valence-electron chi connectivity index (χ4n) is 3.48. The monoisotopic (exact) mass is 456 g/mol. The molecular formula is C24H28N2O7. The summed E-state index contributed by atoms with van der Waals surface area (Å²) in [5.74, 6) is 0.471. The molecule has 33 heavy (non-hydrogen) atoms.